The van der Waals surface area contributed by atoms with Gasteiger partial charge in [0.1, 0.15) is 5.75 Å². The Hall–Kier alpha value is -1.12. The fourth-order valence-corrected chi connectivity index (χ4v) is 5.54. The Balaban J connectivity index is 2.17. The van der Waals surface area contributed by atoms with Gasteiger partial charge in [-0.2, -0.15) is 0 Å². The molecular weight excluding hydrogens is 330 g/mol. The van der Waals surface area contributed by atoms with E-state index in [0.717, 1.165) is 22.1 Å². The van der Waals surface area contributed by atoms with E-state index in [-0.39, 0.29) is 10.6 Å². The Labute approximate surface area is 129 Å². The van der Waals surface area contributed by atoms with Crippen molar-refractivity contribution < 1.29 is 16.8 Å². The molecule has 0 unspecified atom stereocenters. The van der Waals surface area contributed by atoms with Gasteiger partial charge in [-0.15, -0.1) is 11.8 Å². The Bertz CT molecular complexity index is 775. The van der Waals surface area contributed by atoms with Crippen LogP contribution in [0.25, 0.3) is 0 Å². The third kappa shape index (κ3) is 4.69. The zero-order chi connectivity index (χ0) is 15.5. The summed E-state index contributed by atoms with van der Waals surface area (Å²) in [4.78, 5) is 4.13. The Morgan fingerprint density at radius 1 is 1.14 bits per heavy atom. The van der Waals surface area contributed by atoms with Gasteiger partial charge < -0.3 is 0 Å². The van der Waals surface area contributed by atoms with Crippen molar-refractivity contribution in [1.29, 1.82) is 0 Å². The first-order valence-electron chi connectivity index (χ1n) is 6.17. The monoisotopic (exact) mass is 345 g/mol. The lowest BCUT2D eigenvalue weighted by Crippen LogP contribution is -2.10. The van der Waals surface area contributed by atoms with Crippen LogP contribution in [-0.2, 0) is 19.7 Å². The van der Waals surface area contributed by atoms with E-state index in [1.54, 1.807) is 12.1 Å². The molecule has 0 bridgehead atoms. The van der Waals surface area contributed by atoms with Gasteiger partial charge in [-0.25, -0.2) is 16.8 Å². The molecule has 5 nitrogen and oxygen atoms in total. The average Bonchev–Trinajstić information content (AvgIpc) is 2.89. The Morgan fingerprint density at radius 3 is 2.38 bits per heavy atom. The minimum absolute atomic E-state index is 0.0760. The molecule has 1 aliphatic rings. The third-order valence-corrected chi connectivity index (χ3v) is 6.76. The van der Waals surface area contributed by atoms with Gasteiger partial charge in [-0.3, -0.25) is 4.99 Å². The lowest BCUT2D eigenvalue weighted by Gasteiger charge is -2.01. The quantitative estimate of drug-likeness (QED) is 0.813. The summed E-state index contributed by atoms with van der Waals surface area (Å²) in [7, 11) is -7.38. The number of benzene rings is 1. The summed E-state index contributed by atoms with van der Waals surface area (Å²) in [5.41, 5.74) is 0.932. The van der Waals surface area contributed by atoms with Crippen molar-refractivity contribution in [2.45, 2.75) is 11.8 Å². The fraction of sp³-hybridized carbons (Fsp3) is 0.308. The summed E-state index contributed by atoms with van der Waals surface area (Å²) < 4.78 is 47.8. The van der Waals surface area contributed by atoms with Crippen LogP contribution in [0.4, 0.5) is 0 Å². The molecule has 0 saturated carbocycles. The largest absolute Gasteiger partial charge is 0.281 e. The van der Waals surface area contributed by atoms with Crippen molar-refractivity contribution in [3.63, 3.8) is 0 Å². The van der Waals surface area contributed by atoms with Crippen molar-refractivity contribution >= 4 is 36.5 Å². The fourth-order valence-electron chi connectivity index (χ4n) is 1.65. The first-order valence-corrected chi connectivity index (χ1v) is 10.4. The zero-order valence-electron chi connectivity index (χ0n) is 11.4. The van der Waals surface area contributed by atoms with Crippen LogP contribution in [0.5, 0.6) is 0 Å². The third-order valence-electron chi connectivity index (χ3n) is 2.76. The van der Waals surface area contributed by atoms with Gasteiger partial charge in [-0.05, 0) is 19.1 Å². The van der Waals surface area contributed by atoms with Gasteiger partial charge in [0.2, 0.25) is 9.84 Å². The molecule has 0 spiro atoms. The molecule has 0 saturated heterocycles. The van der Waals surface area contributed by atoms with Crippen LogP contribution in [0.2, 0.25) is 0 Å². The molecule has 21 heavy (non-hydrogen) atoms. The summed E-state index contributed by atoms with van der Waals surface area (Å²) in [5.74, 6) is 0.536. The molecule has 1 aromatic carbocycles. The number of sulfone groups is 2. The van der Waals surface area contributed by atoms with Gasteiger partial charge in [0, 0.05) is 23.1 Å². The second-order valence-electron chi connectivity index (χ2n) is 4.56. The van der Waals surface area contributed by atoms with E-state index in [2.05, 4.69) is 4.99 Å². The maximum Gasteiger partial charge on any atom is 0.200 e. The lowest BCUT2D eigenvalue weighted by atomic mass is 10.2. The number of hydrogen-bond donors (Lipinski definition) is 0. The highest BCUT2D eigenvalue weighted by molar-refractivity contribution is 8.15. The topological polar surface area (TPSA) is 80.6 Å². The number of rotatable bonds is 5. The highest BCUT2D eigenvalue weighted by Gasteiger charge is 2.17. The first-order chi connectivity index (χ1) is 9.78. The van der Waals surface area contributed by atoms with E-state index in [1.165, 1.54) is 23.9 Å². The molecule has 0 aliphatic carbocycles. The van der Waals surface area contributed by atoms with Gasteiger partial charge in [0.25, 0.3) is 0 Å². The highest BCUT2D eigenvalue weighted by Crippen LogP contribution is 2.16. The zero-order valence-corrected chi connectivity index (χ0v) is 13.8. The van der Waals surface area contributed by atoms with E-state index in [0.29, 0.717) is 11.6 Å². The number of aryl methyl sites for hydroxylation is 1. The number of hydrogen-bond acceptors (Lipinski definition) is 6. The summed E-state index contributed by atoms with van der Waals surface area (Å²) in [6.45, 7) is 2.46. The molecule has 2 rings (SSSR count). The van der Waals surface area contributed by atoms with Crippen LogP contribution in [0, 0.1) is 6.92 Å². The Morgan fingerprint density at radius 2 is 1.81 bits per heavy atom. The minimum atomic E-state index is -3.75. The summed E-state index contributed by atoms with van der Waals surface area (Å²) in [6, 6.07) is 6.25. The van der Waals surface area contributed by atoms with Crippen molar-refractivity contribution in [2.24, 2.45) is 4.99 Å². The molecule has 1 aliphatic heterocycles. The molecule has 0 atom stereocenters. The van der Waals surface area contributed by atoms with Gasteiger partial charge in [0.05, 0.1) is 9.94 Å². The molecule has 0 aromatic heterocycles. The summed E-state index contributed by atoms with van der Waals surface area (Å²) in [5, 5.41) is 2.03. The van der Waals surface area contributed by atoms with E-state index in [9.17, 15) is 16.8 Å². The molecule has 0 radical (unpaired) electrons. The normalized spacial score (nSPS) is 16.3. The molecular formula is C13H15NO4S3. The maximum atomic E-state index is 12.0. The Kier molecular flexibility index (Phi) is 4.90. The van der Waals surface area contributed by atoms with E-state index in [4.69, 9.17) is 0 Å². The van der Waals surface area contributed by atoms with Crippen LogP contribution in [0.3, 0.4) is 0 Å². The molecule has 114 valence electrons. The second kappa shape index (κ2) is 6.33. The molecule has 0 N–H and O–H groups in total. The second-order valence-corrected chi connectivity index (χ2v) is 9.45. The lowest BCUT2D eigenvalue weighted by molar-refractivity contribution is 0.602. The molecule has 8 heteroatoms. The van der Waals surface area contributed by atoms with Gasteiger partial charge in [0.15, 0.2) is 9.84 Å². The van der Waals surface area contributed by atoms with E-state index >= 15 is 0 Å². The first kappa shape index (κ1) is 16.3. The van der Waals surface area contributed by atoms with Crippen molar-refractivity contribution in [2.75, 3.05) is 18.1 Å². The van der Waals surface area contributed by atoms with E-state index < -0.39 is 19.7 Å². The standard InChI is InChI=1S/C13H15NO4S3/c1-11-2-4-12(5-3-11)21(17,18)9-8-20(15,16)10-13-14-6-7-19-13/h2-5,8-9H,6-7,10H2,1H3/b9-8+. The minimum Gasteiger partial charge on any atom is -0.281 e. The molecule has 1 heterocycles. The van der Waals surface area contributed by atoms with Crippen LogP contribution < -0.4 is 0 Å². The maximum absolute atomic E-state index is 12.0. The van der Waals surface area contributed by atoms with Gasteiger partial charge in [-0.1, -0.05) is 17.7 Å². The van der Waals surface area contributed by atoms with Crippen molar-refractivity contribution in [1.82, 2.24) is 0 Å². The molecule has 0 fully saturated rings. The van der Waals surface area contributed by atoms with E-state index in [1.807, 2.05) is 6.92 Å². The predicted octanol–water partition coefficient (Wildman–Crippen LogP) is 1.80. The molecule has 1 aromatic rings. The summed E-state index contributed by atoms with van der Waals surface area (Å²) in [6.07, 6.45) is 0. The number of thioether (sulfide) groups is 1. The van der Waals surface area contributed by atoms with Crippen molar-refractivity contribution in [3.05, 3.63) is 40.6 Å². The smallest absolute Gasteiger partial charge is 0.200 e. The number of nitrogens with zero attached hydrogens (tertiary/aromatic N) is 1. The highest BCUT2D eigenvalue weighted by atomic mass is 32.2. The average molecular weight is 345 g/mol. The summed E-state index contributed by atoms with van der Waals surface area (Å²) >= 11 is 1.39. The van der Waals surface area contributed by atoms with Crippen LogP contribution in [0.1, 0.15) is 5.56 Å². The molecule has 0 amide bonds. The number of aliphatic imine (C=N–C) groups is 1. The predicted molar refractivity (Wildman–Crippen MR) is 86.1 cm³/mol. The van der Waals surface area contributed by atoms with Crippen LogP contribution in [0.15, 0.2) is 45.0 Å². The SMILES string of the molecule is Cc1ccc(S(=O)(=O)/C=C/S(=O)(=O)CC2=NCCS2)cc1. The van der Waals surface area contributed by atoms with Gasteiger partial charge >= 0.3 is 0 Å². The van der Waals surface area contributed by atoms with Crippen molar-refractivity contribution in [3.8, 4) is 0 Å². The van der Waals surface area contributed by atoms with Crippen LogP contribution >= 0.6 is 11.8 Å². The van der Waals surface area contributed by atoms with Crippen LogP contribution in [-0.4, -0.2) is 39.9 Å².